The van der Waals surface area contributed by atoms with E-state index in [0.29, 0.717) is 18.3 Å². The fraction of sp³-hybridized carbons (Fsp3) is 0.500. The number of methoxy groups -OCH3 is 1. The third kappa shape index (κ3) is 4.82. The van der Waals surface area contributed by atoms with E-state index < -0.39 is 0 Å². The second kappa shape index (κ2) is 9.24. The molecule has 0 spiro atoms. The highest BCUT2D eigenvalue weighted by Gasteiger charge is 2.20. The first-order chi connectivity index (χ1) is 12.5. The monoisotopic (exact) mass is 392 g/mol. The molecule has 0 saturated carbocycles. The number of amides is 1. The summed E-state index contributed by atoms with van der Waals surface area (Å²) < 4.78 is 7.34. The Kier molecular flexibility index (Phi) is 7.27. The minimum Gasteiger partial charge on any atom is -0.496 e. The number of carbonyl (C=O) groups is 1. The van der Waals surface area contributed by atoms with Crippen LogP contribution in [-0.2, 0) is 6.54 Å². The number of aryl methyl sites for hydroxylation is 2. The molecule has 1 saturated heterocycles. The fourth-order valence-corrected chi connectivity index (χ4v) is 3.71. The highest BCUT2D eigenvalue weighted by atomic mass is 35.5. The Morgan fingerprint density at radius 1 is 1.37 bits per heavy atom. The smallest absolute Gasteiger partial charge is 0.274 e. The molecule has 1 aromatic carbocycles. The van der Waals surface area contributed by atoms with Crippen molar-refractivity contribution in [1.29, 1.82) is 0 Å². The van der Waals surface area contributed by atoms with E-state index >= 15 is 0 Å². The standard InChI is InChI=1S/C20H28N4O2.ClH/c1-14-10-16(11-15(2)19(14)26-4)13-23(3)20(25)18-7-9-24(22-18)17-6-5-8-21-12-17;/h7,9-11,17,21H,5-6,8,12-13H2,1-4H3;1H. The zero-order chi connectivity index (χ0) is 18.7. The van der Waals surface area contributed by atoms with Gasteiger partial charge in [0.1, 0.15) is 11.4 Å². The van der Waals surface area contributed by atoms with E-state index in [9.17, 15) is 4.79 Å². The molecule has 0 aliphatic carbocycles. The SMILES string of the molecule is COc1c(C)cc(CN(C)C(=O)c2ccn(C3CCCNC3)n2)cc1C.Cl. The Labute approximate surface area is 167 Å². The summed E-state index contributed by atoms with van der Waals surface area (Å²) in [5.41, 5.74) is 3.75. The van der Waals surface area contributed by atoms with Crippen molar-refractivity contribution in [3.8, 4) is 5.75 Å². The Morgan fingerprint density at radius 3 is 2.67 bits per heavy atom. The van der Waals surface area contributed by atoms with E-state index in [4.69, 9.17) is 4.74 Å². The molecule has 1 fully saturated rings. The van der Waals surface area contributed by atoms with Crippen molar-refractivity contribution in [1.82, 2.24) is 20.0 Å². The molecule has 1 aromatic heterocycles. The van der Waals surface area contributed by atoms with Gasteiger partial charge < -0.3 is 15.0 Å². The predicted octanol–water partition coefficient (Wildman–Crippen LogP) is 3.13. The van der Waals surface area contributed by atoms with Crippen molar-refractivity contribution in [3.05, 3.63) is 46.8 Å². The van der Waals surface area contributed by atoms with E-state index in [2.05, 4.69) is 22.5 Å². The molecule has 1 N–H and O–H groups in total. The molecule has 1 aliphatic rings. The molecule has 3 rings (SSSR count). The summed E-state index contributed by atoms with van der Waals surface area (Å²) in [5.74, 6) is 0.848. The molecule has 1 unspecified atom stereocenters. The Bertz CT molecular complexity index is 761. The molecule has 2 aromatic rings. The van der Waals surface area contributed by atoms with Crippen molar-refractivity contribution in [2.45, 2.75) is 39.3 Å². The summed E-state index contributed by atoms with van der Waals surface area (Å²) >= 11 is 0. The molecular formula is C20H29ClN4O2. The van der Waals surface area contributed by atoms with E-state index in [-0.39, 0.29) is 18.3 Å². The van der Waals surface area contributed by atoms with Gasteiger partial charge in [-0.05, 0) is 56.0 Å². The van der Waals surface area contributed by atoms with Crippen LogP contribution >= 0.6 is 12.4 Å². The van der Waals surface area contributed by atoms with Crippen LogP contribution in [0.4, 0.5) is 0 Å². The van der Waals surface area contributed by atoms with E-state index in [1.807, 2.05) is 37.8 Å². The van der Waals surface area contributed by atoms with Gasteiger partial charge >= 0.3 is 0 Å². The fourth-order valence-electron chi connectivity index (χ4n) is 3.71. The van der Waals surface area contributed by atoms with Gasteiger partial charge in [-0.25, -0.2) is 0 Å². The van der Waals surface area contributed by atoms with Crippen LogP contribution in [0, 0.1) is 13.8 Å². The number of nitrogens with one attached hydrogen (secondary N) is 1. The lowest BCUT2D eigenvalue weighted by atomic mass is 10.1. The second-order valence-electron chi connectivity index (χ2n) is 7.11. The van der Waals surface area contributed by atoms with Crippen LogP contribution in [0.2, 0.25) is 0 Å². The summed E-state index contributed by atoms with van der Waals surface area (Å²) in [6.07, 6.45) is 4.16. The predicted molar refractivity (Wildman–Crippen MR) is 109 cm³/mol. The lowest BCUT2D eigenvalue weighted by Crippen LogP contribution is -2.32. The zero-order valence-corrected chi connectivity index (χ0v) is 17.3. The molecule has 1 atom stereocenters. The van der Waals surface area contributed by atoms with Crippen molar-refractivity contribution in [2.24, 2.45) is 0 Å². The van der Waals surface area contributed by atoms with Crippen molar-refractivity contribution in [2.75, 3.05) is 27.2 Å². The number of hydrogen-bond acceptors (Lipinski definition) is 4. The molecule has 1 amide bonds. The second-order valence-corrected chi connectivity index (χ2v) is 7.11. The van der Waals surface area contributed by atoms with Gasteiger partial charge in [0.25, 0.3) is 5.91 Å². The molecule has 0 radical (unpaired) electrons. The molecule has 0 bridgehead atoms. The van der Waals surface area contributed by atoms with Gasteiger partial charge in [0, 0.05) is 26.3 Å². The quantitative estimate of drug-likeness (QED) is 0.849. The minimum absolute atomic E-state index is 0. The summed E-state index contributed by atoms with van der Waals surface area (Å²) in [4.78, 5) is 14.5. The maximum absolute atomic E-state index is 12.7. The lowest BCUT2D eigenvalue weighted by Gasteiger charge is -2.23. The molecule has 6 nitrogen and oxygen atoms in total. The maximum Gasteiger partial charge on any atom is 0.274 e. The van der Waals surface area contributed by atoms with Gasteiger partial charge in [-0.2, -0.15) is 5.10 Å². The number of halogens is 1. The lowest BCUT2D eigenvalue weighted by molar-refractivity contribution is 0.0777. The molecule has 27 heavy (non-hydrogen) atoms. The third-order valence-electron chi connectivity index (χ3n) is 4.96. The molecule has 1 aliphatic heterocycles. The first kappa shape index (κ1) is 21.3. The Balaban J connectivity index is 0.00000261. The third-order valence-corrected chi connectivity index (χ3v) is 4.96. The van der Waals surface area contributed by atoms with Gasteiger partial charge in [-0.3, -0.25) is 9.48 Å². The van der Waals surface area contributed by atoms with E-state index in [1.165, 1.54) is 0 Å². The molecule has 2 heterocycles. The van der Waals surface area contributed by atoms with E-state index in [1.54, 1.807) is 12.0 Å². The minimum atomic E-state index is -0.0568. The van der Waals surface area contributed by atoms with Crippen LogP contribution in [0.5, 0.6) is 5.75 Å². The number of ether oxygens (including phenoxy) is 1. The average Bonchev–Trinajstić information content (AvgIpc) is 3.11. The van der Waals surface area contributed by atoms with Crippen LogP contribution in [0.15, 0.2) is 24.4 Å². The normalized spacial score (nSPS) is 16.5. The van der Waals surface area contributed by atoms with Crippen LogP contribution in [-0.4, -0.2) is 47.8 Å². The number of rotatable bonds is 5. The average molecular weight is 393 g/mol. The van der Waals surface area contributed by atoms with Crippen LogP contribution in [0.25, 0.3) is 0 Å². The summed E-state index contributed by atoms with van der Waals surface area (Å²) in [5, 5.41) is 7.91. The molecule has 7 heteroatoms. The zero-order valence-electron chi connectivity index (χ0n) is 16.5. The van der Waals surface area contributed by atoms with Gasteiger partial charge in [0.05, 0.1) is 13.2 Å². The van der Waals surface area contributed by atoms with Gasteiger partial charge in [0.15, 0.2) is 0 Å². The summed E-state index contributed by atoms with van der Waals surface area (Å²) in [7, 11) is 3.50. The Hall–Kier alpha value is -2.05. The maximum atomic E-state index is 12.7. The van der Waals surface area contributed by atoms with Gasteiger partial charge in [-0.1, -0.05) is 12.1 Å². The van der Waals surface area contributed by atoms with Crippen LogP contribution < -0.4 is 10.1 Å². The van der Waals surface area contributed by atoms with Gasteiger partial charge in [-0.15, -0.1) is 12.4 Å². The topological polar surface area (TPSA) is 59.4 Å². The summed E-state index contributed by atoms with van der Waals surface area (Å²) in [6.45, 7) is 6.57. The number of aromatic nitrogens is 2. The number of hydrogen-bond donors (Lipinski definition) is 1. The molecular weight excluding hydrogens is 364 g/mol. The Morgan fingerprint density at radius 2 is 2.07 bits per heavy atom. The van der Waals surface area contributed by atoms with Crippen LogP contribution in [0.1, 0.15) is 46.1 Å². The van der Waals surface area contributed by atoms with Crippen molar-refractivity contribution >= 4 is 18.3 Å². The van der Waals surface area contributed by atoms with Crippen molar-refractivity contribution in [3.63, 3.8) is 0 Å². The number of nitrogens with zero attached hydrogens (tertiary/aromatic N) is 3. The number of benzene rings is 1. The first-order valence-electron chi connectivity index (χ1n) is 9.15. The van der Waals surface area contributed by atoms with E-state index in [0.717, 1.165) is 48.4 Å². The highest BCUT2D eigenvalue weighted by molar-refractivity contribution is 5.92. The largest absolute Gasteiger partial charge is 0.496 e. The number of piperidine rings is 1. The van der Waals surface area contributed by atoms with Crippen LogP contribution in [0.3, 0.4) is 0 Å². The first-order valence-corrected chi connectivity index (χ1v) is 9.15. The number of carbonyl (C=O) groups excluding carboxylic acids is 1. The van der Waals surface area contributed by atoms with Gasteiger partial charge in [0.2, 0.25) is 0 Å². The molecule has 148 valence electrons. The van der Waals surface area contributed by atoms with Crippen molar-refractivity contribution < 1.29 is 9.53 Å². The summed E-state index contributed by atoms with van der Waals surface area (Å²) in [6, 6.07) is 6.30. The highest BCUT2D eigenvalue weighted by Crippen LogP contribution is 2.25.